The van der Waals surface area contributed by atoms with Crippen molar-refractivity contribution in [2.24, 2.45) is 10.9 Å². The lowest BCUT2D eigenvalue weighted by Crippen LogP contribution is -2.42. The van der Waals surface area contributed by atoms with Crippen LogP contribution in [0.25, 0.3) is 0 Å². The molecule has 1 aromatic carbocycles. The number of nitrogens with zero attached hydrogens (tertiary/aromatic N) is 2. The number of carbonyl (C=O) groups excluding carboxylic acids is 1. The monoisotopic (exact) mass is 361 g/mol. The Balaban J connectivity index is 2.96. The van der Waals surface area contributed by atoms with Gasteiger partial charge in [0.25, 0.3) is 5.91 Å². The van der Waals surface area contributed by atoms with E-state index in [0.717, 1.165) is 3.57 Å². The van der Waals surface area contributed by atoms with Gasteiger partial charge in [-0.05, 0) is 54.6 Å². The van der Waals surface area contributed by atoms with Gasteiger partial charge in [0.15, 0.2) is 5.84 Å². The van der Waals surface area contributed by atoms with Gasteiger partial charge >= 0.3 is 0 Å². The molecule has 0 fully saturated rings. The average molecular weight is 361 g/mol. The van der Waals surface area contributed by atoms with E-state index in [9.17, 15) is 4.79 Å². The molecule has 0 aliphatic rings. The first-order chi connectivity index (χ1) is 8.45. The number of halogens is 1. The molecule has 1 amide bonds. The molecule has 6 heteroatoms. The molecule has 0 bridgehead atoms. The second-order valence-corrected chi connectivity index (χ2v) is 5.37. The Bertz CT molecular complexity index is 460. The third-order valence-electron chi connectivity index (χ3n) is 2.42. The average Bonchev–Trinajstić information content (AvgIpc) is 2.34. The van der Waals surface area contributed by atoms with Crippen LogP contribution in [-0.2, 0) is 0 Å². The quantitative estimate of drug-likeness (QED) is 0.283. The molecule has 1 aromatic rings. The van der Waals surface area contributed by atoms with Crippen molar-refractivity contribution in [3.8, 4) is 0 Å². The summed E-state index contributed by atoms with van der Waals surface area (Å²) in [6.07, 6.45) is 0. The van der Waals surface area contributed by atoms with E-state index in [0.29, 0.717) is 5.56 Å². The Labute approximate surface area is 120 Å². The molecule has 0 radical (unpaired) electrons. The van der Waals surface area contributed by atoms with E-state index >= 15 is 0 Å². The second-order valence-electron chi connectivity index (χ2n) is 4.13. The Morgan fingerprint density at radius 3 is 2.72 bits per heavy atom. The molecule has 5 nitrogen and oxygen atoms in total. The molecule has 0 atom stereocenters. The number of carbonyl (C=O) groups is 1. The minimum atomic E-state index is -0.130. The number of rotatable bonds is 4. The molecule has 18 heavy (non-hydrogen) atoms. The fourth-order valence-electron chi connectivity index (χ4n) is 1.48. The Morgan fingerprint density at radius 1 is 1.56 bits per heavy atom. The van der Waals surface area contributed by atoms with E-state index in [-0.39, 0.29) is 24.3 Å². The zero-order valence-corrected chi connectivity index (χ0v) is 12.5. The van der Waals surface area contributed by atoms with Gasteiger partial charge in [-0.3, -0.25) is 4.79 Å². The molecule has 0 saturated heterocycles. The molecule has 3 N–H and O–H groups in total. The lowest BCUT2D eigenvalue weighted by atomic mass is 10.1. The zero-order valence-electron chi connectivity index (χ0n) is 10.3. The van der Waals surface area contributed by atoms with Crippen LogP contribution >= 0.6 is 22.6 Å². The molecule has 0 aliphatic heterocycles. The maximum absolute atomic E-state index is 12.3. The van der Waals surface area contributed by atoms with E-state index < -0.39 is 0 Å². The highest BCUT2D eigenvalue weighted by Crippen LogP contribution is 2.12. The molecule has 98 valence electrons. The van der Waals surface area contributed by atoms with Crippen molar-refractivity contribution in [2.75, 3.05) is 6.54 Å². The summed E-state index contributed by atoms with van der Waals surface area (Å²) in [6, 6.07) is 7.28. The van der Waals surface area contributed by atoms with Crippen molar-refractivity contribution in [1.29, 1.82) is 0 Å². The van der Waals surface area contributed by atoms with E-state index in [1.807, 2.05) is 32.0 Å². The highest BCUT2D eigenvalue weighted by molar-refractivity contribution is 14.1. The minimum Gasteiger partial charge on any atom is -0.409 e. The highest BCUT2D eigenvalue weighted by atomic mass is 127. The topological polar surface area (TPSA) is 78.9 Å². The van der Waals surface area contributed by atoms with Crippen molar-refractivity contribution in [3.63, 3.8) is 0 Å². The maximum Gasteiger partial charge on any atom is 0.254 e. The van der Waals surface area contributed by atoms with Crippen LogP contribution in [0.1, 0.15) is 24.2 Å². The first kappa shape index (κ1) is 14.7. The number of nitrogens with two attached hydrogens (primary N) is 1. The molecular formula is C12H16IN3O2. The summed E-state index contributed by atoms with van der Waals surface area (Å²) in [6.45, 7) is 3.88. The summed E-state index contributed by atoms with van der Waals surface area (Å²) in [7, 11) is 0. The normalized spacial score (nSPS) is 11.7. The van der Waals surface area contributed by atoms with Gasteiger partial charge < -0.3 is 15.8 Å². The van der Waals surface area contributed by atoms with Gasteiger partial charge in [0.2, 0.25) is 0 Å². The third-order valence-corrected chi connectivity index (χ3v) is 3.09. The predicted molar refractivity (Wildman–Crippen MR) is 78.7 cm³/mol. The van der Waals surface area contributed by atoms with Gasteiger partial charge in [-0.1, -0.05) is 11.2 Å². The lowest BCUT2D eigenvalue weighted by Gasteiger charge is -2.26. The van der Waals surface area contributed by atoms with Gasteiger partial charge in [0, 0.05) is 15.2 Å². The predicted octanol–water partition coefficient (Wildman–Crippen LogP) is 1.89. The first-order valence-electron chi connectivity index (χ1n) is 5.48. The van der Waals surface area contributed by atoms with Crippen LogP contribution in [0.15, 0.2) is 29.4 Å². The van der Waals surface area contributed by atoms with Crippen molar-refractivity contribution >= 4 is 34.3 Å². The molecule has 0 saturated carbocycles. The zero-order chi connectivity index (χ0) is 13.7. The molecule has 0 aliphatic carbocycles. The summed E-state index contributed by atoms with van der Waals surface area (Å²) in [4.78, 5) is 13.9. The van der Waals surface area contributed by atoms with Crippen LogP contribution in [-0.4, -0.2) is 34.4 Å². The molecular weight excluding hydrogens is 345 g/mol. The molecule has 0 spiro atoms. The molecule has 0 aromatic heterocycles. The summed E-state index contributed by atoms with van der Waals surface area (Å²) in [5.74, 6) is -0.113. The Morgan fingerprint density at radius 2 is 2.22 bits per heavy atom. The van der Waals surface area contributed by atoms with Crippen molar-refractivity contribution < 1.29 is 10.0 Å². The lowest BCUT2D eigenvalue weighted by molar-refractivity contribution is 0.0734. The summed E-state index contributed by atoms with van der Waals surface area (Å²) in [5.41, 5.74) is 6.06. The number of oxime groups is 1. The fraction of sp³-hybridized carbons (Fsp3) is 0.333. The largest absolute Gasteiger partial charge is 0.409 e. The standard InChI is InChI=1S/C12H16IN3O2/c1-8(2)16(7-11(14)15-18)12(17)9-4-3-5-10(13)6-9/h3-6,8,18H,7H2,1-2H3,(H2,14,15). The van der Waals surface area contributed by atoms with Crippen LogP contribution in [0.4, 0.5) is 0 Å². The van der Waals surface area contributed by atoms with Gasteiger partial charge in [0.1, 0.15) is 0 Å². The molecule has 0 heterocycles. The van der Waals surface area contributed by atoms with Gasteiger partial charge in [-0.2, -0.15) is 0 Å². The molecule has 0 unspecified atom stereocenters. The number of hydrogen-bond acceptors (Lipinski definition) is 3. The summed E-state index contributed by atoms with van der Waals surface area (Å²) in [5, 5.41) is 11.5. The number of benzene rings is 1. The summed E-state index contributed by atoms with van der Waals surface area (Å²) < 4.78 is 0.992. The number of amides is 1. The van der Waals surface area contributed by atoms with Crippen molar-refractivity contribution in [3.05, 3.63) is 33.4 Å². The van der Waals surface area contributed by atoms with Crippen LogP contribution in [0.3, 0.4) is 0 Å². The summed E-state index contributed by atoms with van der Waals surface area (Å²) >= 11 is 2.15. The smallest absolute Gasteiger partial charge is 0.254 e. The van der Waals surface area contributed by atoms with Crippen LogP contribution in [0.2, 0.25) is 0 Å². The molecule has 1 rings (SSSR count). The second kappa shape index (κ2) is 6.58. The van der Waals surface area contributed by atoms with Crippen molar-refractivity contribution in [2.45, 2.75) is 19.9 Å². The number of hydrogen-bond donors (Lipinski definition) is 2. The maximum atomic E-state index is 12.3. The fourth-order valence-corrected chi connectivity index (χ4v) is 2.03. The van der Waals surface area contributed by atoms with Gasteiger partial charge in [0.05, 0.1) is 6.54 Å². The minimum absolute atomic E-state index is 0.0164. The van der Waals surface area contributed by atoms with E-state index in [1.165, 1.54) is 0 Å². The number of amidine groups is 1. The van der Waals surface area contributed by atoms with Gasteiger partial charge in [-0.25, -0.2) is 0 Å². The van der Waals surface area contributed by atoms with Crippen LogP contribution < -0.4 is 5.73 Å². The third kappa shape index (κ3) is 3.86. The van der Waals surface area contributed by atoms with Gasteiger partial charge in [-0.15, -0.1) is 0 Å². The van der Waals surface area contributed by atoms with Crippen LogP contribution in [0, 0.1) is 3.57 Å². The SMILES string of the molecule is CC(C)N(CC(N)=NO)C(=O)c1cccc(I)c1. The Hall–Kier alpha value is -1.31. The first-order valence-corrected chi connectivity index (χ1v) is 6.56. The van der Waals surface area contributed by atoms with Crippen molar-refractivity contribution in [1.82, 2.24) is 4.90 Å². The highest BCUT2D eigenvalue weighted by Gasteiger charge is 2.20. The van der Waals surface area contributed by atoms with Crippen LogP contribution in [0.5, 0.6) is 0 Å². The van der Waals surface area contributed by atoms with E-state index in [2.05, 4.69) is 27.7 Å². The van der Waals surface area contributed by atoms with E-state index in [4.69, 9.17) is 10.9 Å². The van der Waals surface area contributed by atoms with E-state index in [1.54, 1.807) is 11.0 Å². The Kier molecular flexibility index (Phi) is 5.39.